The Hall–Kier alpha value is -1.62. The lowest BCUT2D eigenvalue weighted by Gasteiger charge is -2.47. The van der Waals surface area contributed by atoms with Gasteiger partial charge < -0.3 is 15.5 Å². The van der Waals surface area contributed by atoms with Gasteiger partial charge in [0.25, 0.3) is 5.91 Å². The first kappa shape index (κ1) is 14.8. The number of hydrogen-bond acceptors (Lipinski definition) is 4. The zero-order chi connectivity index (χ0) is 14.6. The van der Waals surface area contributed by atoms with E-state index in [1.165, 1.54) is 6.42 Å². The lowest BCUT2D eigenvalue weighted by atomic mass is 9.75. The van der Waals surface area contributed by atoms with Gasteiger partial charge in [0.1, 0.15) is 5.82 Å². The van der Waals surface area contributed by atoms with E-state index in [0.717, 1.165) is 19.4 Å². The molecule has 1 aliphatic carbocycles. The van der Waals surface area contributed by atoms with Crippen molar-refractivity contribution in [2.24, 2.45) is 0 Å². The highest BCUT2D eigenvalue weighted by Crippen LogP contribution is 2.35. The van der Waals surface area contributed by atoms with Gasteiger partial charge in [0.05, 0.1) is 5.56 Å². The summed E-state index contributed by atoms with van der Waals surface area (Å²) in [7, 11) is 4.17. The Kier molecular flexibility index (Phi) is 4.60. The molecule has 0 spiro atoms. The van der Waals surface area contributed by atoms with Gasteiger partial charge in [0.2, 0.25) is 0 Å². The van der Waals surface area contributed by atoms with Crippen molar-refractivity contribution >= 4 is 11.7 Å². The zero-order valence-electron chi connectivity index (χ0n) is 12.6. The predicted molar refractivity (Wildman–Crippen MR) is 81.0 cm³/mol. The number of hydrogen-bond donors (Lipinski definition) is 2. The van der Waals surface area contributed by atoms with Gasteiger partial charge in [-0.15, -0.1) is 0 Å². The van der Waals surface area contributed by atoms with Crippen molar-refractivity contribution in [3.63, 3.8) is 0 Å². The van der Waals surface area contributed by atoms with Crippen molar-refractivity contribution in [3.8, 4) is 0 Å². The molecule has 5 nitrogen and oxygen atoms in total. The minimum absolute atomic E-state index is 0.0535. The van der Waals surface area contributed by atoms with Gasteiger partial charge >= 0.3 is 0 Å². The van der Waals surface area contributed by atoms with Crippen molar-refractivity contribution in [3.05, 3.63) is 23.9 Å². The number of rotatable bonds is 6. The van der Waals surface area contributed by atoms with Crippen molar-refractivity contribution in [2.75, 3.05) is 32.5 Å². The van der Waals surface area contributed by atoms with Crippen molar-refractivity contribution in [1.29, 1.82) is 0 Å². The number of likely N-dealkylation sites (N-methyl/N-ethyl adjacent to an activating group) is 1. The third-order valence-corrected chi connectivity index (χ3v) is 4.21. The Morgan fingerprint density at radius 1 is 1.45 bits per heavy atom. The molecule has 20 heavy (non-hydrogen) atoms. The minimum atomic E-state index is -0.0535. The molecule has 1 fully saturated rings. The van der Waals surface area contributed by atoms with E-state index in [1.807, 2.05) is 13.0 Å². The van der Waals surface area contributed by atoms with Crippen LogP contribution < -0.4 is 10.6 Å². The van der Waals surface area contributed by atoms with Gasteiger partial charge in [-0.25, -0.2) is 4.98 Å². The first-order chi connectivity index (χ1) is 9.59. The van der Waals surface area contributed by atoms with Crippen LogP contribution in [0.2, 0.25) is 0 Å². The smallest absolute Gasteiger partial charge is 0.255 e. The number of aromatic nitrogens is 1. The number of amides is 1. The predicted octanol–water partition coefficient (Wildman–Crippen LogP) is 1.73. The number of nitrogens with one attached hydrogen (secondary N) is 2. The first-order valence-corrected chi connectivity index (χ1v) is 7.23. The van der Waals surface area contributed by atoms with Gasteiger partial charge in [-0.1, -0.05) is 0 Å². The van der Waals surface area contributed by atoms with Crippen LogP contribution in [-0.2, 0) is 0 Å². The van der Waals surface area contributed by atoms with E-state index in [9.17, 15) is 4.79 Å². The molecule has 0 atom stereocenters. The molecule has 110 valence electrons. The maximum atomic E-state index is 12.3. The molecule has 1 heterocycles. The highest BCUT2D eigenvalue weighted by molar-refractivity contribution is 5.98. The molecule has 0 aromatic carbocycles. The fourth-order valence-corrected chi connectivity index (χ4v) is 2.60. The molecule has 0 saturated heterocycles. The summed E-state index contributed by atoms with van der Waals surface area (Å²) in [5, 5.41) is 6.18. The van der Waals surface area contributed by atoms with E-state index in [1.54, 1.807) is 12.3 Å². The number of nitrogens with zero attached hydrogens (tertiary/aromatic N) is 2. The minimum Gasteiger partial charge on any atom is -0.370 e. The Morgan fingerprint density at radius 3 is 2.75 bits per heavy atom. The summed E-state index contributed by atoms with van der Waals surface area (Å²) in [6.45, 7) is 3.43. The molecule has 0 bridgehead atoms. The molecule has 2 N–H and O–H groups in total. The number of anilines is 1. The molecular formula is C15H24N4O. The van der Waals surface area contributed by atoms with Crippen LogP contribution in [0.15, 0.2) is 18.3 Å². The number of carbonyl (C=O) groups excluding carboxylic acids is 1. The second kappa shape index (κ2) is 6.22. The molecule has 1 saturated carbocycles. The van der Waals surface area contributed by atoms with Crippen LogP contribution in [0.5, 0.6) is 0 Å². The largest absolute Gasteiger partial charge is 0.370 e. The summed E-state index contributed by atoms with van der Waals surface area (Å²) in [5.74, 6) is 0.599. The lowest BCUT2D eigenvalue weighted by Crippen LogP contribution is -2.57. The quantitative estimate of drug-likeness (QED) is 0.831. The molecule has 0 radical (unpaired) electrons. The standard InChI is InChI=1S/C15H24N4O/c1-4-16-13-12(7-5-10-17-13)14(20)18-11-15(19(2)3)8-6-9-15/h5,7,10H,4,6,8-9,11H2,1-3H3,(H,16,17)(H,18,20). The molecule has 1 amide bonds. The van der Waals surface area contributed by atoms with Gasteiger partial charge in [-0.2, -0.15) is 0 Å². The molecule has 1 aromatic rings. The number of carbonyl (C=O) groups is 1. The van der Waals surface area contributed by atoms with Gasteiger partial charge in [0.15, 0.2) is 0 Å². The van der Waals surface area contributed by atoms with Crippen molar-refractivity contribution < 1.29 is 4.79 Å². The molecule has 0 aliphatic heterocycles. The van der Waals surface area contributed by atoms with Crippen LogP contribution in [0.4, 0.5) is 5.82 Å². The van der Waals surface area contributed by atoms with Gasteiger partial charge in [0, 0.05) is 24.8 Å². The maximum absolute atomic E-state index is 12.3. The van der Waals surface area contributed by atoms with Crippen LogP contribution in [0.1, 0.15) is 36.5 Å². The van der Waals surface area contributed by atoms with Crippen LogP contribution in [0, 0.1) is 0 Å². The van der Waals surface area contributed by atoms with Gasteiger partial charge in [-0.3, -0.25) is 4.79 Å². The normalized spacial score (nSPS) is 16.6. The Bertz CT molecular complexity index is 469. The molecule has 2 rings (SSSR count). The van der Waals surface area contributed by atoms with Crippen molar-refractivity contribution in [2.45, 2.75) is 31.7 Å². The molecule has 1 aliphatic rings. The van der Waals surface area contributed by atoms with Gasteiger partial charge in [-0.05, 0) is 52.4 Å². The van der Waals surface area contributed by atoms with E-state index < -0.39 is 0 Å². The van der Waals surface area contributed by atoms with E-state index >= 15 is 0 Å². The SMILES string of the molecule is CCNc1ncccc1C(=O)NCC1(N(C)C)CCC1. The number of pyridine rings is 1. The maximum Gasteiger partial charge on any atom is 0.255 e. The monoisotopic (exact) mass is 276 g/mol. The first-order valence-electron chi connectivity index (χ1n) is 7.23. The zero-order valence-corrected chi connectivity index (χ0v) is 12.6. The van der Waals surface area contributed by atoms with E-state index in [2.05, 4.69) is 34.6 Å². The molecule has 0 unspecified atom stereocenters. The van der Waals surface area contributed by atoms with Crippen LogP contribution in [-0.4, -0.2) is 48.5 Å². The van der Waals surface area contributed by atoms with E-state index in [-0.39, 0.29) is 11.4 Å². The summed E-state index contributed by atoms with van der Waals surface area (Å²) in [5.41, 5.74) is 0.749. The van der Waals surface area contributed by atoms with E-state index in [4.69, 9.17) is 0 Å². The average Bonchev–Trinajstić information content (AvgIpc) is 2.38. The van der Waals surface area contributed by atoms with Crippen molar-refractivity contribution in [1.82, 2.24) is 15.2 Å². The third kappa shape index (κ3) is 2.93. The second-order valence-corrected chi connectivity index (χ2v) is 5.58. The summed E-state index contributed by atoms with van der Waals surface area (Å²) >= 11 is 0. The summed E-state index contributed by atoms with van der Waals surface area (Å²) in [6, 6.07) is 3.60. The van der Waals surface area contributed by atoms with Crippen LogP contribution >= 0.6 is 0 Å². The topological polar surface area (TPSA) is 57.3 Å². The fraction of sp³-hybridized carbons (Fsp3) is 0.600. The third-order valence-electron chi connectivity index (χ3n) is 4.21. The highest BCUT2D eigenvalue weighted by atomic mass is 16.1. The second-order valence-electron chi connectivity index (χ2n) is 5.58. The summed E-state index contributed by atoms with van der Waals surface area (Å²) in [6.07, 6.45) is 5.23. The Labute approximate surface area is 120 Å². The molecular weight excluding hydrogens is 252 g/mol. The Balaban J connectivity index is 2.02. The van der Waals surface area contributed by atoms with E-state index in [0.29, 0.717) is 17.9 Å². The Morgan fingerprint density at radius 2 is 2.20 bits per heavy atom. The lowest BCUT2D eigenvalue weighted by molar-refractivity contribution is 0.0558. The highest BCUT2D eigenvalue weighted by Gasteiger charge is 2.39. The fourth-order valence-electron chi connectivity index (χ4n) is 2.60. The van der Waals surface area contributed by atoms with Crippen LogP contribution in [0.25, 0.3) is 0 Å². The summed E-state index contributed by atoms with van der Waals surface area (Å²) < 4.78 is 0. The molecule has 5 heteroatoms. The van der Waals surface area contributed by atoms with Crippen LogP contribution in [0.3, 0.4) is 0 Å². The summed E-state index contributed by atoms with van der Waals surface area (Å²) in [4.78, 5) is 18.8. The molecule has 1 aromatic heterocycles. The average molecular weight is 276 g/mol.